The fourth-order valence-corrected chi connectivity index (χ4v) is 2.19. The summed E-state index contributed by atoms with van der Waals surface area (Å²) in [7, 11) is 0. The summed E-state index contributed by atoms with van der Waals surface area (Å²) in [6.07, 6.45) is 1.75. The van der Waals surface area contributed by atoms with Gasteiger partial charge in [-0.15, -0.1) is 0 Å². The fraction of sp³-hybridized carbons (Fsp3) is 0.400. The van der Waals surface area contributed by atoms with Crippen molar-refractivity contribution in [3.8, 4) is 11.9 Å². The lowest BCUT2D eigenvalue weighted by Gasteiger charge is -2.10. The van der Waals surface area contributed by atoms with E-state index >= 15 is 0 Å². The van der Waals surface area contributed by atoms with E-state index in [4.69, 9.17) is 0 Å². The van der Waals surface area contributed by atoms with Gasteiger partial charge < -0.3 is 0 Å². The Balaban J connectivity index is 2.71. The van der Waals surface area contributed by atoms with Crippen molar-refractivity contribution in [1.82, 2.24) is 14.8 Å². The lowest BCUT2D eigenvalue weighted by molar-refractivity contribution is 0.765. The average Bonchev–Trinajstić information content (AvgIpc) is 2.81. The molecule has 0 amide bonds. The molecule has 19 heavy (non-hydrogen) atoms. The van der Waals surface area contributed by atoms with Crippen molar-refractivity contribution in [1.29, 1.82) is 5.26 Å². The van der Waals surface area contributed by atoms with Gasteiger partial charge in [-0.3, -0.25) is 0 Å². The van der Waals surface area contributed by atoms with Crippen molar-refractivity contribution in [3.05, 3.63) is 40.3 Å². The summed E-state index contributed by atoms with van der Waals surface area (Å²) in [5, 5.41) is 13.9. The molecule has 0 aliphatic rings. The highest BCUT2D eigenvalue weighted by molar-refractivity contribution is 5.50. The minimum Gasteiger partial charge on any atom is -0.233 e. The molecule has 0 atom stereocenters. The predicted molar refractivity (Wildman–Crippen MR) is 74.3 cm³/mol. The quantitative estimate of drug-likeness (QED) is 0.846. The summed E-state index contributed by atoms with van der Waals surface area (Å²) < 4.78 is 1.82. The second-order valence-electron chi connectivity index (χ2n) is 4.64. The lowest BCUT2D eigenvalue weighted by Crippen LogP contribution is -2.09. The van der Waals surface area contributed by atoms with E-state index in [9.17, 15) is 5.26 Å². The highest BCUT2D eigenvalue weighted by Crippen LogP contribution is 2.19. The van der Waals surface area contributed by atoms with Gasteiger partial charge in [-0.05, 0) is 44.4 Å². The van der Waals surface area contributed by atoms with Crippen LogP contribution >= 0.6 is 0 Å². The summed E-state index contributed by atoms with van der Waals surface area (Å²) >= 11 is 0. The third kappa shape index (κ3) is 2.37. The van der Waals surface area contributed by atoms with Crippen molar-refractivity contribution in [2.75, 3.05) is 0 Å². The number of aromatic nitrogens is 3. The molecule has 2 rings (SSSR count). The maximum atomic E-state index is 9.35. The van der Waals surface area contributed by atoms with Crippen LogP contribution in [0.25, 0.3) is 5.82 Å². The fourth-order valence-electron chi connectivity index (χ4n) is 2.19. The van der Waals surface area contributed by atoms with Crippen molar-refractivity contribution in [3.63, 3.8) is 0 Å². The molecule has 0 radical (unpaired) electrons. The van der Waals surface area contributed by atoms with Crippen molar-refractivity contribution in [2.45, 2.75) is 40.5 Å². The van der Waals surface area contributed by atoms with Gasteiger partial charge in [-0.25, -0.2) is 9.67 Å². The third-order valence-electron chi connectivity index (χ3n) is 3.20. The highest BCUT2D eigenvalue weighted by atomic mass is 15.3. The van der Waals surface area contributed by atoms with Crippen LogP contribution in [-0.4, -0.2) is 14.8 Å². The standard InChI is InChI=1S/C15H18N4/c1-5-12-8-13(6-2)19(18-12)15-14(9-16)10(3)7-11(4)17-15/h7-8H,5-6H2,1-4H3. The van der Waals surface area contributed by atoms with Crippen LogP contribution in [0.2, 0.25) is 0 Å². The zero-order chi connectivity index (χ0) is 14.0. The highest BCUT2D eigenvalue weighted by Gasteiger charge is 2.15. The van der Waals surface area contributed by atoms with Gasteiger partial charge in [0.15, 0.2) is 5.82 Å². The van der Waals surface area contributed by atoms with Gasteiger partial charge in [-0.2, -0.15) is 10.4 Å². The number of nitriles is 1. The maximum absolute atomic E-state index is 9.35. The van der Waals surface area contributed by atoms with Crippen molar-refractivity contribution < 1.29 is 0 Å². The van der Waals surface area contributed by atoms with Crippen LogP contribution < -0.4 is 0 Å². The Morgan fingerprint density at radius 3 is 2.53 bits per heavy atom. The molecule has 0 aliphatic heterocycles. The zero-order valence-corrected chi connectivity index (χ0v) is 11.9. The second-order valence-corrected chi connectivity index (χ2v) is 4.64. The minimum absolute atomic E-state index is 0.603. The van der Waals surface area contributed by atoms with Crippen LogP contribution in [0.4, 0.5) is 0 Å². The molecule has 0 saturated heterocycles. The molecule has 2 aromatic rings. The Kier molecular flexibility index (Phi) is 3.66. The molecule has 0 N–H and O–H groups in total. The molecule has 0 bridgehead atoms. The van der Waals surface area contributed by atoms with E-state index in [2.05, 4.69) is 36.1 Å². The van der Waals surface area contributed by atoms with E-state index in [1.54, 1.807) is 0 Å². The van der Waals surface area contributed by atoms with E-state index in [0.29, 0.717) is 11.4 Å². The molecule has 0 unspecified atom stereocenters. The van der Waals surface area contributed by atoms with Gasteiger partial charge >= 0.3 is 0 Å². The van der Waals surface area contributed by atoms with Crippen molar-refractivity contribution in [2.24, 2.45) is 0 Å². The molecular formula is C15H18N4. The summed E-state index contributed by atoms with van der Waals surface area (Å²) in [5.74, 6) is 0.650. The number of hydrogen-bond acceptors (Lipinski definition) is 3. The van der Waals surface area contributed by atoms with Crippen LogP contribution in [0.5, 0.6) is 0 Å². The smallest absolute Gasteiger partial charge is 0.172 e. The first-order valence-electron chi connectivity index (χ1n) is 6.57. The van der Waals surface area contributed by atoms with Crippen molar-refractivity contribution >= 4 is 0 Å². The Morgan fingerprint density at radius 2 is 1.95 bits per heavy atom. The zero-order valence-electron chi connectivity index (χ0n) is 11.9. The number of nitrogens with zero attached hydrogens (tertiary/aromatic N) is 4. The molecule has 2 aromatic heterocycles. The number of pyridine rings is 1. The van der Waals surface area contributed by atoms with E-state index < -0.39 is 0 Å². The van der Waals surface area contributed by atoms with Gasteiger partial charge in [0.1, 0.15) is 6.07 Å². The average molecular weight is 254 g/mol. The molecule has 0 saturated carbocycles. The number of hydrogen-bond donors (Lipinski definition) is 0. The third-order valence-corrected chi connectivity index (χ3v) is 3.20. The topological polar surface area (TPSA) is 54.5 Å². The molecule has 2 heterocycles. The van der Waals surface area contributed by atoms with Crippen LogP contribution in [0, 0.1) is 25.2 Å². The van der Waals surface area contributed by atoms with Gasteiger partial charge in [0.25, 0.3) is 0 Å². The van der Waals surface area contributed by atoms with Gasteiger partial charge in [0.2, 0.25) is 0 Å². The first-order chi connectivity index (χ1) is 9.10. The van der Waals surface area contributed by atoms with Gasteiger partial charge in [0, 0.05) is 11.4 Å². The molecular weight excluding hydrogens is 236 g/mol. The number of aryl methyl sites for hydroxylation is 4. The second kappa shape index (κ2) is 5.23. The summed E-state index contributed by atoms with van der Waals surface area (Å²) in [6.45, 7) is 8.04. The minimum atomic E-state index is 0.603. The Hall–Kier alpha value is -2.15. The largest absolute Gasteiger partial charge is 0.233 e. The molecule has 0 aromatic carbocycles. The van der Waals surface area contributed by atoms with Crippen LogP contribution in [0.3, 0.4) is 0 Å². The van der Waals surface area contributed by atoms with Crippen LogP contribution in [-0.2, 0) is 12.8 Å². The maximum Gasteiger partial charge on any atom is 0.172 e. The molecule has 98 valence electrons. The van der Waals surface area contributed by atoms with E-state index in [1.165, 1.54) is 0 Å². The molecule has 0 spiro atoms. The summed E-state index contributed by atoms with van der Waals surface area (Å²) in [4.78, 5) is 4.51. The first kappa shape index (κ1) is 13.3. The summed E-state index contributed by atoms with van der Waals surface area (Å²) in [5.41, 5.74) is 4.57. The first-order valence-corrected chi connectivity index (χ1v) is 6.57. The van der Waals surface area contributed by atoms with E-state index in [1.807, 2.05) is 24.6 Å². The van der Waals surface area contributed by atoms with E-state index in [0.717, 1.165) is 35.5 Å². The molecule has 0 aliphatic carbocycles. The Morgan fingerprint density at radius 1 is 1.21 bits per heavy atom. The van der Waals surface area contributed by atoms with E-state index in [-0.39, 0.29) is 0 Å². The summed E-state index contributed by atoms with van der Waals surface area (Å²) in [6, 6.07) is 6.26. The predicted octanol–water partition coefficient (Wildman–Crippen LogP) is 2.88. The van der Waals surface area contributed by atoms with Crippen LogP contribution in [0.1, 0.15) is 42.1 Å². The Bertz CT molecular complexity index is 647. The monoisotopic (exact) mass is 254 g/mol. The molecule has 4 heteroatoms. The number of rotatable bonds is 3. The lowest BCUT2D eigenvalue weighted by atomic mass is 10.1. The van der Waals surface area contributed by atoms with Gasteiger partial charge in [0.05, 0.1) is 11.3 Å². The molecule has 4 nitrogen and oxygen atoms in total. The molecule has 0 fully saturated rings. The van der Waals surface area contributed by atoms with Gasteiger partial charge in [-0.1, -0.05) is 13.8 Å². The normalized spacial score (nSPS) is 10.5. The SMILES string of the molecule is CCc1cc(CC)n(-c2nc(C)cc(C)c2C#N)n1. The van der Waals surface area contributed by atoms with Crippen LogP contribution in [0.15, 0.2) is 12.1 Å². The Labute approximate surface area is 113 Å².